The second kappa shape index (κ2) is 6.43. The Morgan fingerprint density at radius 2 is 1.59 bits per heavy atom. The number of aliphatic carboxylic acids is 1. The van der Waals surface area contributed by atoms with E-state index in [1.54, 1.807) is 0 Å². The van der Waals surface area contributed by atoms with Gasteiger partial charge in [0.2, 0.25) is 5.88 Å². The van der Waals surface area contributed by atoms with Crippen LogP contribution in [-0.4, -0.2) is 17.1 Å². The van der Waals surface area contributed by atoms with Crippen molar-refractivity contribution in [3.63, 3.8) is 0 Å². The van der Waals surface area contributed by atoms with Crippen LogP contribution < -0.4 is 9.84 Å². The molecule has 1 unspecified atom stereocenters. The van der Waals surface area contributed by atoms with Gasteiger partial charge in [0, 0.05) is 17.5 Å². The fraction of sp³-hybridized carbons (Fsp3) is 0.429. The number of alkyl halides is 3. The summed E-state index contributed by atoms with van der Waals surface area (Å²) in [6.07, 6.45) is -4.88. The van der Waals surface area contributed by atoms with Crippen molar-refractivity contribution < 1.29 is 32.2 Å². The van der Waals surface area contributed by atoms with E-state index in [0.29, 0.717) is 0 Å². The SMILES string of the molecule is CC1(C)C(C)(C)C1(C(=O)[O-])C(c1cccc(Oc2ccc(F)cc2)n1)C(F)(F)F. The monoisotopic (exact) mass is 410 g/mol. The molecule has 0 saturated heterocycles. The highest BCUT2D eigenvalue weighted by Crippen LogP contribution is 2.83. The van der Waals surface area contributed by atoms with Crippen LogP contribution in [0.3, 0.4) is 0 Å². The first-order chi connectivity index (χ1) is 13.3. The van der Waals surface area contributed by atoms with E-state index in [0.717, 1.165) is 18.2 Å². The Labute approximate surface area is 165 Å². The van der Waals surface area contributed by atoms with E-state index < -0.39 is 45.8 Å². The van der Waals surface area contributed by atoms with E-state index in [-0.39, 0.29) is 11.6 Å². The van der Waals surface area contributed by atoms with Gasteiger partial charge < -0.3 is 14.6 Å². The number of hydrogen-bond donors (Lipinski definition) is 0. The van der Waals surface area contributed by atoms with Crippen LogP contribution in [0.2, 0.25) is 0 Å². The number of rotatable bonds is 5. The van der Waals surface area contributed by atoms with E-state index in [9.17, 15) is 27.5 Å². The van der Waals surface area contributed by atoms with Crippen LogP contribution in [0.15, 0.2) is 42.5 Å². The van der Waals surface area contributed by atoms with Crippen LogP contribution >= 0.6 is 0 Å². The highest BCUT2D eigenvalue weighted by Gasteiger charge is 2.84. The van der Waals surface area contributed by atoms with Crippen LogP contribution in [0.5, 0.6) is 11.6 Å². The molecule has 1 aromatic heterocycles. The fourth-order valence-corrected chi connectivity index (χ4v) is 4.61. The maximum Gasteiger partial charge on any atom is 0.398 e. The van der Waals surface area contributed by atoms with Gasteiger partial charge in [-0.1, -0.05) is 33.8 Å². The fourth-order valence-electron chi connectivity index (χ4n) is 4.61. The summed E-state index contributed by atoms with van der Waals surface area (Å²) in [5.41, 5.74) is -5.04. The van der Waals surface area contributed by atoms with E-state index >= 15 is 0 Å². The summed E-state index contributed by atoms with van der Waals surface area (Å²) in [4.78, 5) is 16.0. The van der Waals surface area contributed by atoms with Gasteiger partial charge in [-0.25, -0.2) is 9.37 Å². The number of aromatic nitrogens is 1. The second-order valence-corrected chi connectivity index (χ2v) is 8.28. The molecule has 0 N–H and O–H groups in total. The molecule has 1 aromatic carbocycles. The molecule has 3 rings (SSSR count). The number of halogens is 4. The Kier molecular flexibility index (Phi) is 4.68. The van der Waals surface area contributed by atoms with Gasteiger partial charge in [0.05, 0.1) is 5.69 Å². The smallest absolute Gasteiger partial charge is 0.398 e. The van der Waals surface area contributed by atoms with Gasteiger partial charge in [-0.05, 0) is 41.2 Å². The number of carbonyl (C=O) groups excluding carboxylic acids is 1. The number of ether oxygens (including phenoxy) is 1. The number of pyridine rings is 1. The van der Waals surface area contributed by atoms with Crippen molar-refractivity contribution in [2.24, 2.45) is 16.2 Å². The van der Waals surface area contributed by atoms with E-state index in [1.807, 2.05) is 0 Å². The molecule has 0 aliphatic heterocycles. The summed E-state index contributed by atoms with van der Waals surface area (Å²) in [5.74, 6) is -4.62. The molecule has 8 heteroatoms. The third-order valence-electron chi connectivity index (χ3n) is 6.63. The predicted molar refractivity (Wildman–Crippen MR) is 94.5 cm³/mol. The Balaban J connectivity index is 2.08. The number of benzene rings is 1. The number of carboxylic acid groups (broad SMARTS) is 1. The van der Waals surface area contributed by atoms with Gasteiger partial charge in [-0.15, -0.1) is 0 Å². The van der Waals surface area contributed by atoms with Crippen LogP contribution in [0.4, 0.5) is 17.6 Å². The van der Waals surface area contributed by atoms with Crippen molar-refractivity contribution in [1.29, 1.82) is 0 Å². The Morgan fingerprint density at radius 1 is 1.03 bits per heavy atom. The lowest BCUT2D eigenvalue weighted by molar-refractivity contribution is -0.322. The third-order valence-corrected chi connectivity index (χ3v) is 6.63. The molecular formula is C21H20F4NO3-. The van der Waals surface area contributed by atoms with Crippen LogP contribution in [0.1, 0.15) is 39.3 Å². The minimum Gasteiger partial charge on any atom is -0.549 e. The highest BCUT2D eigenvalue weighted by molar-refractivity contribution is 5.82. The summed E-state index contributed by atoms with van der Waals surface area (Å²) in [6, 6.07) is 8.67. The van der Waals surface area contributed by atoms with E-state index in [4.69, 9.17) is 4.74 Å². The normalized spacial score (nSPS) is 20.0. The lowest BCUT2D eigenvalue weighted by Crippen LogP contribution is -2.46. The standard InChI is InChI=1S/C21H21F4NO3/c1-18(2)19(3,4)20(18,17(27)28)16(21(23,24)25)14-6-5-7-15(26-14)29-13-10-8-12(22)9-11-13/h5-11,16H,1-4H3,(H,27,28)/p-1. The zero-order valence-corrected chi connectivity index (χ0v) is 16.3. The molecule has 156 valence electrons. The van der Waals surface area contributed by atoms with Crippen LogP contribution in [0, 0.1) is 22.1 Å². The first kappa shape index (κ1) is 21.1. The Morgan fingerprint density at radius 3 is 2.03 bits per heavy atom. The lowest BCUT2D eigenvalue weighted by Gasteiger charge is -2.34. The first-order valence-corrected chi connectivity index (χ1v) is 8.95. The quantitative estimate of drug-likeness (QED) is 0.683. The average Bonchev–Trinajstić information content (AvgIpc) is 2.95. The average molecular weight is 410 g/mol. The minimum atomic E-state index is -4.88. The minimum absolute atomic E-state index is 0.159. The van der Waals surface area contributed by atoms with Gasteiger partial charge in [0.25, 0.3) is 0 Å². The topological polar surface area (TPSA) is 62.2 Å². The molecule has 2 aromatic rings. The van der Waals surface area contributed by atoms with Crippen molar-refractivity contribution in [1.82, 2.24) is 4.98 Å². The van der Waals surface area contributed by atoms with Gasteiger partial charge >= 0.3 is 6.18 Å². The lowest BCUT2D eigenvalue weighted by atomic mass is 9.77. The van der Waals surface area contributed by atoms with Crippen molar-refractivity contribution in [3.05, 3.63) is 54.0 Å². The molecule has 0 bridgehead atoms. The summed E-state index contributed by atoms with van der Waals surface area (Å²) >= 11 is 0. The van der Waals surface area contributed by atoms with Gasteiger partial charge in [-0.3, -0.25) is 0 Å². The molecule has 29 heavy (non-hydrogen) atoms. The number of carboxylic acids is 1. The number of hydrogen-bond acceptors (Lipinski definition) is 4. The second-order valence-electron chi connectivity index (χ2n) is 8.28. The van der Waals surface area contributed by atoms with Crippen molar-refractivity contribution in [2.45, 2.75) is 39.8 Å². The van der Waals surface area contributed by atoms with Crippen molar-refractivity contribution in [3.8, 4) is 11.6 Å². The molecule has 1 aliphatic rings. The van der Waals surface area contributed by atoms with E-state index in [2.05, 4.69) is 4.98 Å². The first-order valence-electron chi connectivity index (χ1n) is 8.95. The highest BCUT2D eigenvalue weighted by atomic mass is 19.4. The molecule has 1 aliphatic carbocycles. The Hall–Kier alpha value is -2.64. The van der Waals surface area contributed by atoms with Crippen LogP contribution in [0.25, 0.3) is 0 Å². The largest absolute Gasteiger partial charge is 0.549 e. The third kappa shape index (κ3) is 2.96. The number of carbonyl (C=O) groups is 1. The summed E-state index contributed by atoms with van der Waals surface area (Å²) in [5, 5.41) is 12.1. The summed E-state index contributed by atoms with van der Waals surface area (Å²) in [7, 11) is 0. The van der Waals surface area contributed by atoms with Gasteiger partial charge in [0.1, 0.15) is 17.5 Å². The molecule has 0 radical (unpaired) electrons. The van der Waals surface area contributed by atoms with Crippen molar-refractivity contribution in [2.75, 3.05) is 0 Å². The molecule has 0 amide bonds. The zero-order valence-electron chi connectivity index (χ0n) is 16.3. The molecule has 1 heterocycles. The molecule has 1 atom stereocenters. The molecule has 0 spiro atoms. The van der Waals surface area contributed by atoms with Gasteiger partial charge in [-0.2, -0.15) is 13.2 Å². The zero-order chi connectivity index (χ0) is 21.8. The molecule has 1 saturated carbocycles. The van der Waals surface area contributed by atoms with E-state index in [1.165, 1.54) is 52.0 Å². The predicted octanol–water partition coefficient (Wildman–Crippen LogP) is 4.46. The Bertz CT molecular complexity index is 922. The van der Waals surface area contributed by atoms with Crippen LogP contribution in [-0.2, 0) is 4.79 Å². The van der Waals surface area contributed by atoms with Crippen molar-refractivity contribution >= 4 is 5.97 Å². The number of nitrogens with zero attached hydrogens (tertiary/aromatic N) is 1. The molecule has 1 fully saturated rings. The maximum atomic E-state index is 14.2. The molecular weight excluding hydrogens is 390 g/mol. The molecule has 4 nitrogen and oxygen atoms in total. The summed E-state index contributed by atoms with van der Waals surface area (Å²) in [6.45, 7) is 5.95. The van der Waals surface area contributed by atoms with Gasteiger partial charge in [0.15, 0.2) is 0 Å². The maximum absolute atomic E-state index is 14.2. The summed E-state index contributed by atoms with van der Waals surface area (Å²) < 4.78 is 61.0.